The van der Waals surface area contributed by atoms with Crippen molar-refractivity contribution < 1.29 is 9.90 Å². The first-order valence-electron chi connectivity index (χ1n) is 6.25. The number of hydrogen-bond donors (Lipinski definition) is 3. The SMILES string of the molecule is NNc1ccccc1C(=O)N(CCO)C1CCC1. The molecule has 0 unspecified atom stereocenters. The molecule has 1 aliphatic rings. The van der Waals surface area contributed by atoms with Crippen molar-refractivity contribution in [2.45, 2.75) is 25.3 Å². The zero-order valence-corrected chi connectivity index (χ0v) is 10.3. The molecule has 0 spiro atoms. The van der Waals surface area contributed by atoms with Crippen molar-refractivity contribution in [1.29, 1.82) is 0 Å². The van der Waals surface area contributed by atoms with Crippen molar-refractivity contribution >= 4 is 11.6 Å². The van der Waals surface area contributed by atoms with Gasteiger partial charge in [0.25, 0.3) is 5.91 Å². The van der Waals surface area contributed by atoms with Gasteiger partial charge < -0.3 is 15.4 Å². The summed E-state index contributed by atoms with van der Waals surface area (Å²) in [6.45, 7) is 0.364. The second-order valence-corrected chi connectivity index (χ2v) is 4.50. The lowest BCUT2D eigenvalue weighted by Crippen LogP contribution is -2.45. The number of aliphatic hydroxyl groups excluding tert-OH is 1. The van der Waals surface area contributed by atoms with Crippen LogP contribution < -0.4 is 11.3 Å². The highest BCUT2D eigenvalue weighted by molar-refractivity contribution is 5.99. The summed E-state index contributed by atoms with van der Waals surface area (Å²) in [7, 11) is 0. The molecule has 0 atom stereocenters. The molecule has 1 aromatic rings. The highest BCUT2D eigenvalue weighted by Crippen LogP contribution is 2.27. The highest BCUT2D eigenvalue weighted by atomic mass is 16.3. The lowest BCUT2D eigenvalue weighted by atomic mass is 9.91. The summed E-state index contributed by atoms with van der Waals surface area (Å²) in [5, 5.41) is 9.09. The number of carbonyl (C=O) groups excluding carboxylic acids is 1. The van der Waals surface area contributed by atoms with Crippen molar-refractivity contribution in [2.75, 3.05) is 18.6 Å². The Hall–Kier alpha value is -1.59. The molecule has 0 heterocycles. The van der Waals surface area contributed by atoms with Crippen LogP contribution in [0, 0.1) is 0 Å². The Morgan fingerprint density at radius 1 is 1.44 bits per heavy atom. The first kappa shape index (κ1) is 12.9. The number of aliphatic hydroxyl groups is 1. The van der Waals surface area contributed by atoms with E-state index in [4.69, 9.17) is 10.9 Å². The molecule has 5 nitrogen and oxygen atoms in total. The Balaban J connectivity index is 2.21. The van der Waals surface area contributed by atoms with E-state index in [1.165, 1.54) is 0 Å². The van der Waals surface area contributed by atoms with Crippen molar-refractivity contribution in [1.82, 2.24) is 4.90 Å². The van der Waals surface area contributed by atoms with Gasteiger partial charge in [0, 0.05) is 12.6 Å². The molecule has 0 saturated heterocycles. The van der Waals surface area contributed by atoms with Gasteiger partial charge in [-0.25, -0.2) is 0 Å². The van der Waals surface area contributed by atoms with Crippen molar-refractivity contribution in [3.05, 3.63) is 29.8 Å². The number of amides is 1. The van der Waals surface area contributed by atoms with Gasteiger partial charge in [0.15, 0.2) is 0 Å². The van der Waals surface area contributed by atoms with Crippen molar-refractivity contribution in [3.63, 3.8) is 0 Å². The van der Waals surface area contributed by atoms with E-state index in [9.17, 15) is 4.79 Å². The summed E-state index contributed by atoms with van der Waals surface area (Å²) in [6, 6.07) is 7.42. The highest BCUT2D eigenvalue weighted by Gasteiger charge is 2.29. The number of carbonyl (C=O) groups is 1. The standard InChI is InChI=1S/C13H19N3O2/c14-15-12-7-2-1-6-11(12)13(18)16(8-9-17)10-4-3-5-10/h1-2,6-7,10,15,17H,3-5,8-9,14H2. The number of hydrazine groups is 1. The topological polar surface area (TPSA) is 78.6 Å². The first-order valence-corrected chi connectivity index (χ1v) is 6.25. The van der Waals surface area contributed by atoms with E-state index in [2.05, 4.69) is 5.43 Å². The number of benzene rings is 1. The molecular weight excluding hydrogens is 230 g/mol. The fraction of sp³-hybridized carbons (Fsp3) is 0.462. The second-order valence-electron chi connectivity index (χ2n) is 4.50. The second kappa shape index (κ2) is 5.84. The van der Waals surface area contributed by atoms with Gasteiger partial charge in [-0.3, -0.25) is 10.6 Å². The Kier molecular flexibility index (Phi) is 4.17. The van der Waals surface area contributed by atoms with Crippen LogP contribution in [0.5, 0.6) is 0 Å². The lowest BCUT2D eigenvalue weighted by molar-refractivity contribution is 0.0526. The molecule has 18 heavy (non-hydrogen) atoms. The number of nitrogens with one attached hydrogen (secondary N) is 1. The van der Waals surface area contributed by atoms with Crippen LogP contribution in [0.15, 0.2) is 24.3 Å². The molecule has 1 aromatic carbocycles. The fourth-order valence-corrected chi connectivity index (χ4v) is 2.21. The summed E-state index contributed by atoms with van der Waals surface area (Å²) < 4.78 is 0. The van der Waals surface area contributed by atoms with E-state index >= 15 is 0 Å². The summed E-state index contributed by atoms with van der Waals surface area (Å²) >= 11 is 0. The Morgan fingerprint density at radius 2 is 2.17 bits per heavy atom. The van der Waals surface area contributed by atoms with E-state index in [0.717, 1.165) is 19.3 Å². The van der Waals surface area contributed by atoms with Gasteiger partial charge in [-0.1, -0.05) is 12.1 Å². The number of para-hydroxylation sites is 1. The van der Waals surface area contributed by atoms with Gasteiger partial charge >= 0.3 is 0 Å². The summed E-state index contributed by atoms with van der Waals surface area (Å²) in [4.78, 5) is 14.2. The number of nitrogen functional groups attached to an aromatic ring is 1. The Morgan fingerprint density at radius 3 is 2.72 bits per heavy atom. The maximum absolute atomic E-state index is 12.5. The van der Waals surface area contributed by atoms with Gasteiger partial charge in [0.05, 0.1) is 17.9 Å². The summed E-state index contributed by atoms with van der Waals surface area (Å²) in [6.07, 6.45) is 3.19. The fourth-order valence-electron chi connectivity index (χ4n) is 2.21. The molecule has 0 aliphatic heterocycles. The normalized spacial score (nSPS) is 15.0. The summed E-state index contributed by atoms with van der Waals surface area (Å²) in [5.41, 5.74) is 3.71. The molecule has 0 aromatic heterocycles. The van der Waals surface area contributed by atoms with Crippen LogP contribution in [0.4, 0.5) is 5.69 Å². The quantitative estimate of drug-likeness (QED) is 0.536. The van der Waals surface area contributed by atoms with Crippen LogP contribution in [0.1, 0.15) is 29.6 Å². The van der Waals surface area contributed by atoms with Crippen molar-refractivity contribution in [2.24, 2.45) is 5.84 Å². The van der Waals surface area contributed by atoms with Crippen LogP contribution in [0.2, 0.25) is 0 Å². The number of anilines is 1. The van der Waals surface area contributed by atoms with E-state index in [-0.39, 0.29) is 18.6 Å². The van der Waals surface area contributed by atoms with Gasteiger partial charge in [0.2, 0.25) is 0 Å². The van der Waals surface area contributed by atoms with E-state index < -0.39 is 0 Å². The molecule has 1 saturated carbocycles. The average molecular weight is 249 g/mol. The first-order chi connectivity index (χ1) is 8.77. The van der Waals surface area contributed by atoms with Crippen LogP contribution in [0.25, 0.3) is 0 Å². The number of nitrogens with zero attached hydrogens (tertiary/aromatic N) is 1. The number of hydrogen-bond acceptors (Lipinski definition) is 4. The third kappa shape index (κ3) is 2.47. The smallest absolute Gasteiger partial charge is 0.256 e. The van der Waals surface area contributed by atoms with E-state index in [1.54, 1.807) is 17.0 Å². The molecule has 0 bridgehead atoms. The third-order valence-corrected chi connectivity index (χ3v) is 3.43. The predicted octanol–water partition coefficient (Wildman–Crippen LogP) is 0.959. The monoisotopic (exact) mass is 249 g/mol. The van der Waals surface area contributed by atoms with Gasteiger partial charge in [0.1, 0.15) is 0 Å². The minimum Gasteiger partial charge on any atom is -0.395 e. The Labute approximate surface area is 107 Å². The number of nitrogens with two attached hydrogens (primary N) is 1. The molecule has 0 radical (unpaired) electrons. The van der Waals surface area contributed by atoms with E-state index in [0.29, 0.717) is 17.8 Å². The summed E-state index contributed by atoms with van der Waals surface area (Å²) in [5.74, 6) is 5.35. The van der Waals surface area contributed by atoms with Crippen LogP contribution in [-0.4, -0.2) is 35.1 Å². The average Bonchev–Trinajstić information content (AvgIpc) is 2.35. The molecule has 4 N–H and O–H groups in total. The molecule has 98 valence electrons. The molecular formula is C13H19N3O2. The molecule has 1 aliphatic carbocycles. The largest absolute Gasteiger partial charge is 0.395 e. The maximum atomic E-state index is 12.5. The molecule has 5 heteroatoms. The van der Waals surface area contributed by atoms with Gasteiger partial charge in [-0.05, 0) is 31.4 Å². The van der Waals surface area contributed by atoms with Gasteiger partial charge in [-0.15, -0.1) is 0 Å². The predicted molar refractivity (Wildman–Crippen MR) is 70.0 cm³/mol. The zero-order valence-electron chi connectivity index (χ0n) is 10.3. The minimum atomic E-state index is -0.0673. The molecule has 2 rings (SSSR count). The van der Waals surface area contributed by atoms with Crippen molar-refractivity contribution in [3.8, 4) is 0 Å². The Bertz CT molecular complexity index is 418. The van der Waals surface area contributed by atoms with Crippen LogP contribution in [0.3, 0.4) is 0 Å². The van der Waals surface area contributed by atoms with E-state index in [1.807, 2.05) is 12.1 Å². The molecule has 1 amide bonds. The number of rotatable bonds is 5. The third-order valence-electron chi connectivity index (χ3n) is 3.43. The van der Waals surface area contributed by atoms with Crippen LogP contribution >= 0.6 is 0 Å². The minimum absolute atomic E-state index is 0.0134. The zero-order chi connectivity index (χ0) is 13.0. The van der Waals surface area contributed by atoms with Gasteiger partial charge in [-0.2, -0.15) is 0 Å². The lowest BCUT2D eigenvalue weighted by Gasteiger charge is -2.37. The maximum Gasteiger partial charge on any atom is 0.256 e. The molecule has 1 fully saturated rings. The van der Waals surface area contributed by atoms with Crippen LogP contribution in [-0.2, 0) is 0 Å².